The molecule has 0 fully saturated rings. The molecule has 1 aromatic heterocycles. The predicted octanol–water partition coefficient (Wildman–Crippen LogP) is 4.30. The maximum absolute atomic E-state index is 13.4. The molecule has 34 heavy (non-hydrogen) atoms. The van der Waals surface area contributed by atoms with Gasteiger partial charge < -0.3 is 20.6 Å². The molecule has 2 atom stereocenters. The minimum absolute atomic E-state index is 0.0396. The summed E-state index contributed by atoms with van der Waals surface area (Å²) in [6, 6.07) is 7.44. The minimum atomic E-state index is -5.09. The molecule has 0 saturated carbocycles. The Kier molecular flexibility index (Phi) is 7.03. The third-order valence-electron chi connectivity index (χ3n) is 5.06. The molecule has 0 aliphatic rings. The lowest BCUT2D eigenvalue weighted by Gasteiger charge is -2.21. The van der Waals surface area contributed by atoms with Crippen LogP contribution in [-0.4, -0.2) is 38.9 Å². The van der Waals surface area contributed by atoms with Crippen molar-refractivity contribution < 1.29 is 46.5 Å². The molecule has 0 aliphatic carbocycles. The van der Waals surface area contributed by atoms with Crippen LogP contribution in [0.5, 0.6) is 5.75 Å². The van der Waals surface area contributed by atoms with Gasteiger partial charge in [0.15, 0.2) is 0 Å². The first-order valence-corrected chi connectivity index (χ1v) is 9.77. The normalized spacial score (nSPS) is 14.2. The summed E-state index contributed by atoms with van der Waals surface area (Å²) in [4.78, 5) is 14.7. The maximum Gasteiger partial charge on any atom is 0.433 e. The second-order valence-electron chi connectivity index (χ2n) is 7.48. The van der Waals surface area contributed by atoms with E-state index in [0.717, 1.165) is 12.1 Å². The van der Waals surface area contributed by atoms with Gasteiger partial charge in [-0.05, 0) is 41.8 Å². The van der Waals surface area contributed by atoms with Crippen molar-refractivity contribution in [2.24, 2.45) is 0 Å². The molecule has 0 bridgehead atoms. The number of benzene rings is 2. The number of fused-ring (bicyclic) bond motifs is 1. The summed E-state index contributed by atoms with van der Waals surface area (Å²) in [7, 11) is 0. The number of aliphatic carboxylic acids is 1. The van der Waals surface area contributed by atoms with Gasteiger partial charge in [0.1, 0.15) is 17.5 Å². The summed E-state index contributed by atoms with van der Waals surface area (Å²) in [6.07, 6.45) is -11.9. The molecule has 0 saturated heterocycles. The Bertz CT molecular complexity index is 1180. The van der Waals surface area contributed by atoms with E-state index in [-0.39, 0.29) is 17.6 Å². The van der Waals surface area contributed by atoms with E-state index in [9.17, 15) is 46.5 Å². The highest BCUT2D eigenvalue weighted by Gasteiger charge is 2.38. The van der Waals surface area contributed by atoms with Crippen LogP contribution in [0.2, 0.25) is 0 Å². The third kappa shape index (κ3) is 5.75. The number of carboxylic acids is 1. The van der Waals surface area contributed by atoms with Crippen LogP contribution in [0.4, 0.5) is 26.3 Å². The molecule has 12 heteroatoms. The molecule has 0 spiro atoms. The van der Waals surface area contributed by atoms with E-state index >= 15 is 0 Å². The summed E-state index contributed by atoms with van der Waals surface area (Å²) < 4.78 is 80.2. The lowest BCUT2D eigenvalue weighted by atomic mass is 9.99. The number of phenols is 1. The number of aliphatic hydroxyl groups excluding tert-OH is 1. The number of nitrogens with one attached hydrogen (secondary N) is 1. The minimum Gasteiger partial charge on any atom is -0.508 e. The van der Waals surface area contributed by atoms with Gasteiger partial charge in [0.2, 0.25) is 0 Å². The summed E-state index contributed by atoms with van der Waals surface area (Å²) in [5.74, 6) is -1.36. The molecule has 3 rings (SSSR count). The van der Waals surface area contributed by atoms with Crippen molar-refractivity contribution in [1.82, 2.24) is 10.3 Å². The number of carbonyl (C=O) groups is 1. The molecule has 0 amide bonds. The zero-order valence-electron chi connectivity index (χ0n) is 17.2. The van der Waals surface area contributed by atoms with E-state index in [1.807, 2.05) is 0 Å². The van der Waals surface area contributed by atoms with Crippen LogP contribution < -0.4 is 5.32 Å². The SMILES string of the molecule is O=C(O)C(Cc1ccc(O)cc1)NCC(O)c1cc(C(F)(F)F)nc2c(C(F)(F)F)cccc12. The fraction of sp³-hybridized carbons (Fsp3) is 0.273. The van der Waals surface area contributed by atoms with Crippen LogP contribution >= 0.6 is 0 Å². The first-order chi connectivity index (χ1) is 15.8. The topological polar surface area (TPSA) is 103 Å². The summed E-state index contributed by atoms with van der Waals surface area (Å²) in [5, 5.41) is 31.5. The van der Waals surface area contributed by atoms with Crippen molar-refractivity contribution in [3.05, 3.63) is 70.9 Å². The van der Waals surface area contributed by atoms with Crippen LogP contribution in [0.1, 0.15) is 28.5 Å². The molecule has 2 aromatic carbocycles. The summed E-state index contributed by atoms with van der Waals surface area (Å²) >= 11 is 0. The van der Waals surface area contributed by atoms with E-state index in [2.05, 4.69) is 10.3 Å². The van der Waals surface area contributed by atoms with Gasteiger partial charge in [0.05, 0.1) is 17.2 Å². The van der Waals surface area contributed by atoms with Crippen LogP contribution in [0.15, 0.2) is 48.5 Å². The Hall–Kier alpha value is -3.38. The van der Waals surface area contributed by atoms with Gasteiger partial charge in [0.25, 0.3) is 0 Å². The van der Waals surface area contributed by atoms with Crippen LogP contribution in [-0.2, 0) is 23.6 Å². The Labute approximate surface area is 188 Å². The number of hydrogen-bond acceptors (Lipinski definition) is 5. The second-order valence-corrected chi connectivity index (χ2v) is 7.48. The molecule has 6 nitrogen and oxygen atoms in total. The van der Waals surface area contributed by atoms with Crippen molar-refractivity contribution in [1.29, 1.82) is 0 Å². The van der Waals surface area contributed by atoms with E-state index in [4.69, 9.17) is 0 Å². The van der Waals surface area contributed by atoms with Gasteiger partial charge >= 0.3 is 18.3 Å². The Morgan fingerprint density at radius 1 is 1.00 bits per heavy atom. The van der Waals surface area contributed by atoms with Crippen molar-refractivity contribution in [3.63, 3.8) is 0 Å². The Balaban J connectivity index is 1.95. The number of nitrogens with zero attached hydrogens (tertiary/aromatic N) is 1. The van der Waals surface area contributed by atoms with E-state index in [1.165, 1.54) is 24.3 Å². The smallest absolute Gasteiger partial charge is 0.433 e. The van der Waals surface area contributed by atoms with E-state index in [1.54, 1.807) is 0 Å². The maximum atomic E-state index is 13.4. The number of para-hydroxylation sites is 1. The van der Waals surface area contributed by atoms with Gasteiger partial charge in [-0.1, -0.05) is 24.3 Å². The molecular formula is C22H18F6N2O4. The van der Waals surface area contributed by atoms with Crippen molar-refractivity contribution in [2.75, 3.05) is 6.54 Å². The van der Waals surface area contributed by atoms with Gasteiger partial charge in [-0.25, -0.2) is 4.98 Å². The number of alkyl halides is 6. The molecule has 1 heterocycles. The van der Waals surface area contributed by atoms with Gasteiger partial charge in [-0.2, -0.15) is 26.3 Å². The summed E-state index contributed by atoms with van der Waals surface area (Å²) in [6.45, 7) is -0.568. The number of pyridine rings is 1. The van der Waals surface area contributed by atoms with E-state index < -0.39 is 59.3 Å². The lowest BCUT2D eigenvalue weighted by molar-refractivity contribution is -0.142. The Morgan fingerprint density at radius 3 is 2.21 bits per heavy atom. The Morgan fingerprint density at radius 2 is 1.65 bits per heavy atom. The number of phenolic OH excluding ortho intramolecular Hbond substituents is 1. The number of carboxylic acid groups (broad SMARTS) is 1. The van der Waals surface area contributed by atoms with Crippen molar-refractivity contribution >= 4 is 16.9 Å². The fourth-order valence-electron chi connectivity index (χ4n) is 3.40. The number of aromatic hydroxyl groups is 1. The number of halogens is 6. The molecule has 0 aliphatic heterocycles. The predicted molar refractivity (Wildman–Crippen MR) is 108 cm³/mol. The average Bonchev–Trinajstić information content (AvgIpc) is 2.75. The highest BCUT2D eigenvalue weighted by atomic mass is 19.4. The first kappa shape index (κ1) is 25.2. The zero-order chi connectivity index (χ0) is 25.3. The van der Waals surface area contributed by atoms with Crippen LogP contribution in [0.3, 0.4) is 0 Å². The number of rotatable bonds is 7. The number of aromatic nitrogens is 1. The molecule has 182 valence electrons. The van der Waals surface area contributed by atoms with Crippen LogP contribution in [0, 0.1) is 0 Å². The number of hydrogen-bond donors (Lipinski definition) is 4. The van der Waals surface area contributed by atoms with Crippen molar-refractivity contribution in [3.8, 4) is 5.75 Å². The van der Waals surface area contributed by atoms with Gasteiger partial charge in [-0.15, -0.1) is 0 Å². The highest BCUT2D eigenvalue weighted by molar-refractivity contribution is 5.86. The molecule has 3 aromatic rings. The zero-order valence-corrected chi connectivity index (χ0v) is 17.2. The largest absolute Gasteiger partial charge is 0.508 e. The first-order valence-electron chi connectivity index (χ1n) is 9.77. The fourth-order valence-corrected chi connectivity index (χ4v) is 3.40. The number of aliphatic hydroxyl groups is 1. The molecule has 4 N–H and O–H groups in total. The molecular weight excluding hydrogens is 470 g/mol. The van der Waals surface area contributed by atoms with E-state index in [0.29, 0.717) is 17.7 Å². The molecule has 0 radical (unpaired) electrons. The lowest BCUT2D eigenvalue weighted by Crippen LogP contribution is -2.40. The average molecular weight is 488 g/mol. The second kappa shape index (κ2) is 9.47. The quantitative estimate of drug-likeness (QED) is 0.370. The van der Waals surface area contributed by atoms with Gasteiger partial charge in [-0.3, -0.25) is 4.79 Å². The third-order valence-corrected chi connectivity index (χ3v) is 5.06. The van der Waals surface area contributed by atoms with Crippen LogP contribution in [0.25, 0.3) is 10.9 Å². The van der Waals surface area contributed by atoms with Gasteiger partial charge in [0, 0.05) is 11.9 Å². The molecule has 2 unspecified atom stereocenters. The summed E-state index contributed by atoms with van der Waals surface area (Å²) in [5.41, 5.74) is -3.96. The monoisotopic (exact) mass is 488 g/mol. The van der Waals surface area contributed by atoms with Crippen molar-refractivity contribution in [2.45, 2.75) is 30.9 Å². The highest BCUT2D eigenvalue weighted by Crippen LogP contribution is 2.38. The standard InChI is InChI=1S/C22H18F6N2O4/c23-21(24,25)15-3-1-2-13-14(9-18(22(26,27)28)30-19(13)15)17(32)10-29-16(20(33)34)8-11-4-6-12(31)7-5-11/h1-7,9,16-17,29,31-32H,8,10H2,(H,33,34).